The van der Waals surface area contributed by atoms with Gasteiger partial charge >= 0.3 is 0 Å². The predicted octanol–water partition coefficient (Wildman–Crippen LogP) is 5.30. The lowest BCUT2D eigenvalue weighted by molar-refractivity contribution is -0.115. The van der Waals surface area contributed by atoms with Crippen molar-refractivity contribution in [2.75, 3.05) is 30.2 Å². The van der Waals surface area contributed by atoms with E-state index in [0.29, 0.717) is 34.2 Å². The Morgan fingerprint density at radius 2 is 1.82 bits per heavy atom. The summed E-state index contributed by atoms with van der Waals surface area (Å²) in [6.45, 7) is 2.08. The smallest absolute Gasteiger partial charge is 0.255 e. The zero-order valence-corrected chi connectivity index (χ0v) is 19.6. The predicted molar refractivity (Wildman–Crippen MR) is 132 cm³/mol. The Morgan fingerprint density at radius 1 is 1.06 bits per heavy atom. The molecule has 6 nitrogen and oxygen atoms in total. The highest BCUT2D eigenvalue weighted by molar-refractivity contribution is 8.00. The first-order valence-corrected chi connectivity index (χ1v) is 11.8. The summed E-state index contributed by atoms with van der Waals surface area (Å²) in [7, 11) is 3.15. The molecule has 1 saturated heterocycles. The van der Waals surface area contributed by atoms with Crippen LogP contribution in [0.4, 0.5) is 11.4 Å². The number of ether oxygens (including phenoxy) is 2. The number of hydrogen-bond donors (Lipinski definition) is 1. The van der Waals surface area contributed by atoms with E-state index in [4.69, 9.17) is 9.47 Å². The molecule has 33 heavy (non-hydrogen) atoms. The number of thioether (sulfide) groups is 1. The van der Waals surface area contributed by atoms with E-state index in [2.05, 4.69) is 12.2 Å². The van der Waals surface area contributed by atoms with E-state index in [9.17, 15) is 9.59 Å². The van der Waals surface area contributed by atoms with Gasteiger partial charge in [0.05, 0.1) is 25.7 Å². The molecule has 1 N–H and O–H groups in total. The van der Waals surface area contributed by atoms with Gasteiger partial charge in [-0.1, -0.05) is 37.3 Å². The summed E-state index contributed by atoms with van der Waals surface area (Å²) in [5.74, 6) is 1.32. The number of rotatable bonds is 7. The van der Waals surface area contributed by atoms with Gasteiger partial charge in [0.25, 0.3) is 5.91 Å². The van der Waals surface area contributed by atoms with E-state index in [1.165, 1.54) is 17.3 Å². The van der Waals surface area contributed by atoms with Crippen LogP contribution >= 0.6 is 11.8 Å². The summed E-state index contributed by atoms with van der Waals surface area (Å²) in [4.78, 5) is 27.6. The number of aryl methyl sites for hydroxylation is 1. The van der Waals surface area contributed by atoms with Crippen molar-refractivity contribution < 1.29 is 19.1 Å². The Kier molecular flexibility index (Phi) is 6.89. The zero-order chi connectivity index (χ0) is 23.4. The average Bonchev–Trinajstić information content (AvgIpc) is 3.24. The monoisotopic (exact) mass is 462 g/mol. The molecule has 7 heteroatoms. The number of anilines is 2. The number of carbonyl (C=O) groups is 2. The first kappa shape index (κ1) is 22.7. The molecular weight excluding hydrogens is 436 g/mol. The second-order valence-electron chi connectivity index (χ2n) is 7.56. The summed E-state index contributed by atoms with van der Waals surface area (Å²) in [5, 5.41) is 2.73. The van der Waals surface area contributed by atoms with Gasteiger partial charge in [0.15, 0.2) is 0 Å². The first-order chi connectivity index (χ1) is 16.0. The van der Waals surface area contributed by atoms with Crippen molar-refractivity contribution in [1.29, 1.82) is 0 Å². The molecule has 2 amide bonds. The van der Waals surface area contributed by atoms with Crippen LogP contribution in [0.15, 0.2) is 66.7 Å². The molecule has 0 aromatic heterocycles. The minimum atomic E-state index is -0.307. The highest BCUT2D eigenvalue weighted by Crippen LogP contribution is 2.47. The summed E-state index contributed by atoms with van der Waals surface area (Å²) in [5.41, 5.74) is 3.95. The van der Waals surface area contributed by atoms with Crippen LogP contribution in [0, 0.1) is 0 Å². The Morgan fingerprint density at radius 3 is 2.52 bits per heavy atom. The molecule has 3 aromatic carbocycles. The van der Waals surface area contributed by atoms with Crippen molar-refractivity contribution in [2.45, 2.75) is 18.7 Å². The average molecular weight is 463 g/mol. The largest absolute Gasteiger partial charge is 0.497 e. The molecule has 1 aliphatic rings. The highest BCUT2D eigenvalue weighted by atomic mass is 32.2. The molecule has 0 aliphatic carbocycles. The maximum Gasteiger partial charge on any atom is 0.255 e. The lowest BCUT2D eigenvalue weighted by Gasteiger charge is -2.27. The molecule has 0 spiro atoms. The van der Waals surface area contributed by atoms with Gasteiger partial charge in [-0.3, -0.25) is 14.5 Å². The number of amides is 2. The van der Waals surface area contributed by atoms with Crippen LogP contribution in [-0.4, -0.2) is 31.8 Å². The number of nitrogens with one attached hydrogen (secondary N) is 1. The Labute approximate surface area is 197 Å². The molecule has 0 radical (unpaired) electrons. The van der Waals surface area contributed by atoms with Crippen LogP contribution in [0.5, 0.6) is 11.5 Å². The van der Waals surface area contributed by atoms with Crippen molar-refractivity contribution in [1.82, 2.24) is 0 Å². The fourth-order valence-corrected chi connectivity index (χ4v) is 5.02. The summed E-state index contributed by atoms with van der Waals surface area (Å²) < 4.78 is 10.8. The fraction of sp³-hybridized carbons (Fsp3) is 0.231. The molecule has 1 aliphatic heterocycles. The Hall–Kier alpha value is -3.45. The van der Waals surface area contributed by atoms with E-state index in [1.54, 1.807) is 31.3 Å². The van der Waals surface area contributed by atoms with E-state index in [0.717, 1.165) is 12.0 Å². The molecular formula is C26H26N2O4S. The lowest BCUT2D eigenvalue weighted by Crippen LogP contribution is -2.29. The number of carbonyl (C=O) groups excluding carboxylic acids is 2. The standard InChI is InChI=1S/C26H26N2O4S/c1-4-17-9-11-18(12-10-17)25(30)27-21-8-6-5-7-20(21)26-28(24(29)16-33-26)22-14-13-19(31-2)15-23(22)32-3/h5-15,26H,4,16H2,1-3H3,(H,27,30). The zero-order valence-electron chi connectivity index (χ0n) is 18.8. The number of para-hydroxylation sites is 1. The number of methoxy groups -OCH3 is 2. The van der Waals surface area contributed by atoms with Gasteiger partial charge in [-0.05, 0) is 42.3 Å². The van der Waals surface area contributed by atoms with Gasteiger partial charge in [-0.2, -0.15) is 0 Å². The number of benzene rings is 3. The second kappa shape index (κ2) is 10.0. The summed E-state index contributed by atoms with van der Waals surface area (Å²) in [6.07, 6.45) is 0.919. The summed E-state index contributed by atoms with van der Waals surface area (Å²) >= 11 is 1.52. The van der Waals surface area contributed by atoms with Crippen LogP contribution in [0.25, 0.3) is 0 Å². The highest BCUT2D eigenvalue weighted by Gasteiger charge is 2.37. The van der Waals surface area contributed by atoms with Crippen LogP contribution < -0.4 is 19.7 Å². The van der Waals surface area contributed by atoms with Crippen molar-refractivity contribution >= 4 is 35.0 Å². The topological polar surface area (TPSA) is 67.9 Å². The van der Waals surface area contributed by atoms with Gasteiger partial charge in [-0.15, -0.1) is 11.8 Å². The molecule has 1 fully saturated rings. The van der Waals surface area contributed by atoms with Crippen LogP contribution in [0.2, 0.25) is 0 Å². The third kappa shape index (κ3) is 4.68. The quantitative estimate of drug-likeness (QED) is 0.516. The van der Waals surface area contributed by atoms with Crippen molar-refractivity contribution in [2.24, 2.45) is 0 Å². The second-order valence-corrected chi connectivity index (χ2v) is 8.63. The molecule has 0 bridgehead atoms. The molecule has 1 heterocycles. The SMILES string of the molecule is CCc1ccc(C(=O)Nc2ccccc2C2SCC(=O)N2c2ccc(OC)cc2OC)cc1. The fourth-order valence-electron chi connectivity index (χ4n) is 3.81. The van der Waals surface area contributed by atoms with Crippen LogP contribution in [0.3, 0.4) is 0 Å². The number of hydrogen-bond acceptors (Lipinski definition) is 5. The third-order valence-corrected chi connectivity index (χ3v) is 6.81. The first-order valence-electron chi connectivity index (χ1n) is 10.7. The lowest BCUT2D eigenvalue weighted by atomic mass is 10.1. The molecule has 170 valence electrons. The Balaban J connectivity index is 1.66. The maximum absolute atomic E-state index is 12.9. The van der Waals surface area contributed by atoms with Gasteiger partial charge in [0, 0.05) is 22.9 Å². The van der Waals surface area contributed by atoms with E-state index in [-0.39, 0.29) is 17.2 Å². The summed E-state index contributed by atoms with van der Waals surface area (Å²) in [6, 6.07) is 20.6. The maximum atomic E-state index is 12.9. The van der Waals surface area contributed by atoms with Gasteiger partial charge < -0.3 is 14.8 Å². The molecule has 3 aromatic rings. The van der Waals surface area contributed by atoms with E-state index >= 15 is 0 Å². The van der Waals surface area contributed by atoms with E-state index in [1.807, 2.05) is 54.6 Å². The van der Waals surface area contributed by atoms with Crippen LogP contribution in [0.1, 0.15) is 33.8 Å². The van der Waals surface area contributed by atoms with Crippen molar-refractivity contribution in [3.05, 3.63) is 83.4 Å². The van der Waals surface area contributed by atoms with Gasteiger partial charge in [0.2, 0.25) is 5.91 Å². The molecule has 1 unspecified atom stereocenters. The normalized spacial score (nSPS) is 15.4. The Bertz CT molecular complexity index is 1160. The van der Waals surface area contributed by atoms with Gasteiger partial charge in [-0.25, -0.2) is 0 Å². The van der Waals surface area contributed by atoms with Crippen molar-refractivity contribution in [3.63, 3.8) is 0 Å². The minimum absolute atomic E-state index is 0.0234. The molecule has 0 saturated carbocycles. The third-order valence-electron chi connectivity index (χ3n) is 5.61. The number of nitrogens with zero attached hydrogens (tertiary/aromatic N) is 1. The van der Waals surface area contributed by atoms with Crippen molar-refractivity contribution in [3.8, 4) is 11.5 Å². The van der Waals surface area contributed by atoms with Crippen LogP contribution in [-0.2, 0) is 11.2 Å². The van der Waals surface area contributed by atoms with Gasteiger partial charge in [0.1, 0.15) is 16.9 Å². The molecule has 4 rings (SSSR count). The van der Waals surface area contributed by atoms with E-state index < -0.39 is 0 Å². The minimum Gasteiger partial charge on any atom is -0.497 e. The molecule has 1 atom stereocenters.